The van der Waals surface area contributed by atoms with Gasteiger partial charge in [-0.25, -0.2) is 9.79 Å². The number of ether oxygens (including phenoxy) is 4. The number of aromatic nitrogens is 1. The number of para-hydroxylation sites is 1. The number of thiazole rings is 1. The van der Waals surface area contributed by atoms with Crippen LogP contribution in [-0.4, -0.2) is 37.5 Å². The summed E-state index contributed by atoms with van der Waals surface area (Å²) in [7, 11) is 3.10. The molecular weight excluding hydrogens is 552 g/mol. The van der Waals surface area contributed by atoms with Gasteiger partial charge in [0.2, 0.25) is 0 Å². The molecule has 8 nitrogen and oxygen atoms in total. The van der Waals surface area contributed by atoms with E-state index in [1.165, 1.54) is 11.3 Å². The maximum Gasteiger partial charge on any atom is 0.338 e. The fraction of sp³-hybridized carbons (Fsp3) is 0.242. The third-order valence-corrected chi connectivity index (χ3v) is 7.65. The zero-order chi connectivity index (χ0) is 29.8. The van der Waals surface area contributed by atoms with Crippen LogP contribution in [0.15, 0.2) is 88.2 Å². The van der Waals surface area contributed by atoms with Crippen LogP contribution in [0.1, 0.15) is 43.5 Å². The van der Waals surface area contributed by atoms with Crippen molar-refractivity contribution < 1.29 is 23.7 Å². The van der Waals surface area contributed by atoms with Gasteiger partial charge in [-0.1, -0.05) is 65.9 Å². The minimum atomic E-state index is -0.834. The second kappa shape index (κ2) is 12.5. The van der Waals surface area contributed by atoms with E-state index in [9.17, 15) is 9.59 Å². The summed E-state index contributed by atoms with van der Waals surface area (Å²) in [6.45, 7) is 5.82. The molecule has 0 N–H and O–H groups in total. The number of rotatable bonds is 9. The predicted octanol–water partition coefficient (Wildman–Crippen LogP) is 4.74. The van der Waals surface area contributed by atoms with Gasteiger partial charge in [-0.15, -0.1) is 0 Å². The van der Waals surface area contributed by atoms with Crippen molar-refractivity contribution in [3.05, 3.63) is 115 Å². The van der Waals surface area contributed by atoms with Gasteiger partial charge in [0.15, 0.2) is 16.3 Å². The Bertz CT molecular complexity index is 1820. The average Bonchev–Trinajstić information content (AvgIpc) is 3.31. The van der Waals surface area contributed by atoms with Crippen molar-refractivity contribution in [2.24, 2.45) is 4.99 Å². The fourth-order valence-electron chi connectivity index (χ4n) is 4.88. The number of benzene rings is 3. The number of nitrogens with zero attached hydrogens (tertiary/aromatic N) is 2. The molecule has 216 valence electrons. The highest BCUT2D eigenvalue weighted by Crippen LogP contribution is 2.38. The second-order valence-electron chi connectivity index (χ2n) is 9.75. The standard InChI is InChI=1S/C33H32N2O6S/c1-6-40-32(37)28-29(21-12-8-7-9-13-21)34-33-35(30(28)23-16-17-25(38-4)26(18-23)39-5)31(36)27(42-33)19-22-14-10-11-15-24(22)41-20(2)3/h7-20,30H,6H2,1-5H3/b27-19-/t30-/m0/s1. The highest BCUT2D eigenvalue weighted by Gasteiger charge is 2.35. The van der Waals surface area contributed by atoms with Gasteiger partial charge in [0.25, 0.3) is 5.56 Å². The van der Waals surface area contributed by atoms with E-state index in [-0.39, 0.29) is 23.8 Å². The van der Waals surface area contributed by atoms with E-state index in [0.717, 1.165) is 11.1 Å². The van der Waals surface area contributed by atoms with Crippen LogP contribution in [0.5, 0.6) is 17.2 Å². The Morgan fingerprint density at radius 3 is 2.38 bits per heavy atom. The molecule has 3 aromatic carbocycles. The molecule has 0 saturated carbocycles. The topological polar surface area (TPSA) is 88.4 Å². The largest absolute Gasteiger partial charge is 0.493 e. The lowest BCUT2D eigenvalue weighted by Gasteiger charge is -2.26. The van der Waals surface area contributed by atoms with E-state index >= 15 is 0 Å². The van der Waals surface area contributed by atoms with E-state index < -0.39 is 12.0 Å². The molecule has 1 aliphatic rings. The number of methoxy groups -OCH3 is 2. The molecule has 5 rings (SSSR count). The summed E-state index contributed by atoms with van der Waals surface area (Å²) in [6, 6.07) is 21.5. The molecule has 1 atom stereocenters. The van der Waals surface area contributed by atoms with Crippen LogP contribution in [0, 0.1) is 0 Å². The van der Waals surface area contributed by atoms with Gasteiger partial charge in [0.05, 0.1) is 48.8 Å². The molecule has 0 saturated heterocycles. The number of carbonyl (C=O) groups excluding carboxylic acids is 1. The number of carbonyl (C=O) groups is 1. The van der Waals surface area contributed by atoms with Crippen molar-refractivity contribution in [3.63, 3.8) is 0 Å². The zero-order valence-corrected chi connectivity index (χ0v) is 24.9. The summed E-state index contributed by atoms with van der Waals surface area (Å²) < 4.78 is 24.6. The highest BCUT2D eigenvalue weighted by molar-refractivity contribution is 7.07. The van der Waals surface area contributed by atoms with Gasteiger partial charge in [0.1, 0.15) is 5.75 Å². The number of hydrogen-bond donors (Lipinski definition) is 0. The van der Waals surface area contributed by atoms with Crippen LogP contribution in [0.25, 0.3) is 11.8 Å². The summed E-state index contributed by atoms with van der Waals surface area (Å²) in [5.74, 6) is 1.12. The van der Waals surface area contributed by atoms with Crippen molar-refractivity contribution in [3.8, 4) is 17.2 Å². The average molecular weight is 585 g/mol. The Balaban J connectivity index is 1.83. The lowest BCUT2D eigenvalue weighted by atomic mass is 9.93. The first kappa shape index (κ1) is 28.9. The second-order valence-corrected chi connectivity index (χ2v) is 10.8. The molecule has 0 unspecified atom stereocenters. The molecule has 42 heavy (non-hydrogen) atoms. The highest BCUT2D eigenvalue weighted by atomic mass is 32.1. The summed E-state index contributed by atoms with van der Waals surface area (Å²) in [4.78, 5) is 33.2. The van der Waals surface area contributed by atoms with Crippen LogP contribution < -0.4 is 29.1 Å². The molecule has 9 heteroatoms. The number of esters is 1. The van der Waals surface area contributed by atoms with Gasteiger partial charge in [-0.3, -0.25) is 9.36 Å². The Morgan fingerprint density at radius 2 is 1.69 bits per heavy atom. The maximum absolute atomic E-state index is 14.2. The third kappa shape index (κ3) is 5.60. The first-order valence-electron chi connectivity index (χ1n) is 13.6. The molecule has 0 fully saturated rings. The molecular formula is C33H32N2O6S. The predicted molar refractivity (Wildman–Crippen MR) is 163 cm³/mol. The molecule has 0 spiro atoms. The molecule has 4 aromatic rings. The van der Waals surface area contributed by atoms with E-state index in [0.29, 0.717) is 37.8 Å². The Labute approximate surface area is 247 Å². The summed E-state index contributed by atoms with van der Waals surface area (Å²) in [5, 5.41) is 0. The van der Waals surface area contributed by atoms with E-state index in [4.69, 9.17) is 23.9 Å². The van der Waals surface area contributed by atoms with Crippen LogP contribution >= 0.6 is 11.3 Å². The smallest absolute Gasteiger partial charge is 0.338 e. The minimum absolute atomic E-state index is 0.0358. The molecule has 0 aliphatic carbocycles. The Morgan fingerprint density at radius 1 is 0.976 bits per heavy atom. The van der Waals surface area contributed by atoms with Crippen LogP contribution in [0.3, 0.4) is 0 Å². The molecule has 0 amide bonds. The summed E-state index contributed by atoms with van der Waals surface area (Å²) in [5.41, 5.74) is 2.58. The van der Waals surface area contributed by atoms with Crippen molar-refractivity contribution in [2.45, 2.75) is 32.9 Å². The lowest BCUT2D eigenvalue weighted by molar-refractivity contribution is -0.138. The summed E-state index contributed by atoms with van der Waals surface area (Å²) >= 11 is 1.26. The van der Waals surface area contributed by atoms with Crippen molar-refractivity contribution in [2.75, 3.05) is 20.8 Å². The van der Waals surface area contributed by atoms with Crippen molar-refractivity contribution in [1.82, 2.24) is 4.57 Å². The molecule has 2 heterocycles. The SMILES string of the molecule is CCOC(=O)C1=C(c2ccccc2)N=c2s/c(=C\c3ccccc3OC(C)C)c(=O)n2[C@H]1c1ccc(OC)c(OC)c1. The normalized spacial score (nSPS) is 14.8. The minimum Gasteiger partial charge on any atom is -0.493 e. The van der Waals surface area contributed by atoms with Gasteiger partial charge >= 0.3 is 5.97 Å². The third-order valence-electron chi connectivity index (χ3n) is 6.67. The molecule has 1 aliphatic heterocycles. The lowest BCUT2D eigenvalue weighted by Crippen LogP contribution is -2.40. The zero-order valence-electron chi connectivity index (χ0n) is 24.1. The van der Waals surface area contributed by atoms with Gasteiger partial charge < -0.3 is 18.9 Å². The monoisotopic (exact) mass is 584 g/mol. The van der Waals surface area contributed by atoms with Crippen LogP contribution in [0.4, 0.5) is 0 Å². The van der Waals surface area contributed by atoms with E-state index in [2.05, 4.69) is 0 Å². The van der Waals surface area contributed by atoms with Crippen molar-refractivity contribution >= 4 is 29.1 Å². The van der Waals surface area contributed by atoms with Crippen LogP contribution in [0.2, 0.25) is 0 Å². The fourth-order valence-corrected chi connectivity index (χ4v) is 5.87. The van der Waals surface area contributed by atoms with Crippen molar-refractivity contribution in [1.29, 1.82) is 0 Å². The van der Waals surface area contributed by atoms with Gasteiger partial charge in [-0.2, -0.15) is 0 Å². The maximum atomic E-state index is 14.2. The summed E-state index contributed by atoms with van der Waals surface area (Å²) in [6.07, 6.45) is 1.77. The molecule has 1 aromatic heterocycles. The first-order chi connectivity index (χ1) is 20.4. The Hall–Kier alpha value is -4.63. The Kier molecular flexibility index (Phi) is 8.59. The van der Waals surface area contributed by atoms with E-state index in [1.54, 1.807) is 37.8 Å². The molecule has 0 bridgehead atoms. The first-order valence-corrected chi connectivity index (χ1v) is 14.4. The van der Waals surface area contributed by atoms with E-state index in [1.807, 2.05) is 80.6 Å². The van der Waals surface area contributed by atoms with Gasteiger partial charge in [0, 0.05) is 11.1 Å². The quantitative estimate of drug-likeness (QED) is 0.264. The molecule has 0 radical (unpaired) electrons. The number of fused-ring (bicyclic) bond motifs is 1. The van der Waals surface area contributed by atoms with Gasteiger partial charge in [-0.05, 0) is 50.6 Å². The van der Waals surface area contributed by atoms with Crippen LogP contribution in [-0.2, 0) is 9.53 Å². The number of hydrogen-bond acceptors (Lipinski definition) is 8.